The summed E-state index contributed by atoms with van der Waals surface area (Å²) < 4.78 is 2.04. The Labute approximate surface area is 112 Å². The minimum atomic E-state index is 0.883. The van der Waals surface area contributed by atoms with Gasteiger partial charge >= 0.3 is 0 Å². The third-order valence-corrected chi connectivity index (χ3v) is 4.12. The fourth-order valence-electron chi connectivity index (χ4n) is 2.57. The van der Waals surface area contributed by atoms with Crippen LogP contribution in [0.2, 0.25) is 0 Å². The van der Waals surface area contributed by atoms with Gasteiger partial charge in [-0.3, -0.25) is 9.58 Å². The lowest BCUT2D eigenvalue weighted by molar-refractivity contribution is 0.306. The van der Waals surface area contributed by atoms with Gasteiger partial charge in [-0.25, -0.2) is 0 Å². The molecule has 96 valence electrons. The first-order valence-electron chi connectivity index (χ1n) is 6.53. The van der Waals surface area contributed by atoms with Crippen molar-refractivity contribution in [2.75, 3.05) is 18.4 Å². The Kier molecular flexibility index (Phi) is 4.62. The zero-order valence-corrected chi connectivity index (χ0v) is 12.4. The Morgan fingerprint density at radius 3 is 3.00 bits per heavy atom. The second-order valence-electron chi connectivity index (χ2n) is 4.97. The van der Waals surface area contributed by atoms with Crippen molar-refractivity contribution in [2.45, 2.75) is 32.7 Å². The third-order valence-electron chi connectivity index (χ3n) is 3.66. The van der Waals surface area contributed by atoms with Gasteiger partial charge in [0.2, 0.25) is 0 Å². The Bertz CT molecular complexity index is 362. The summed E-state index contributed by atoms with van der Waals surface area (Å²) in [5.41, 5.74) is 2.56. The summed E-state index contributed by atoms with van der Waals surface area (Å²) in [6.45, 7) is 5.71. The molecule has 0 aromatic carbocycles. The highest BCUT2D eigenvalue weighted by Gasteiger charge is 2.22. The lowest BCUT2D eigenvalue weighted by Gasteiger charge is -2.15. The first-order chi connectivity index (χ1) is 8.22. The van der Waals surface area contributed by atoms with Gasteiger partial charge in [0, 0.05) is 25.5 Å². The third kappa shape index (κ3) is 3.32. The highest BCUT2D eigenvalue weighted by molar-refractivity contribution is 9.09. The van der Waals surface area contributed by atoms with Crippen molar-refractivity contribution in [3.63, 3.8) is 0 Å². The van der Waals surface area contributed by atoms with Crippen molar-refractivity contribution < 1.29 is 0 Å². The van der Waals surface area contributed by atoms with E-state index in [4.69, 9.17) is 0 Å². The van der Waals surface area contributed by atoms with E-state index in [1.807, 2.05) is 4.68 Å². The molecule has 3 nitrogen and oxygen atoms in total. The van der Waals surface area contributed by atoms with E-state index in [-0.39, 0.29) is 0 Å². The molecule has 17 heavy (non-hydrogen) atoms. The molecule has 0 aliphatic carbocycles. The number of rotatable bonds is 5. The number of likely N-dealkylation sites (tertiary alicyclic amines) is 1. The molecule has 2 heterocycles. The van der Waals surface area contributed by atoms with Gasteiger partial charge in [-0.2, -0.15) is 5.10 Å². The van der Waals surface area contributed by atoms with Gasteiger partial charge in [-0.1, -0.05) is 22.9 Å². The first kappa shape index (κ1) is 13.1. The topological polar surface area (TPSA) is 21.1 Å². The second kappa shape index (κ2) is 6.01. The van der Waals surface area contributed by atoms with Crippen LogP contribution in [-0.2, 0) is 20.0 Å². The van der Waals surface area contributed by atoms with Gasteiger partial charge < -0.3 is 0 Å². The van der Waals surface area contributed by atoms with E-state index in [0.717, 1.165) is 24.2 Å². The van der Waals surface area contributed by atoms with Crippen molar-refractivity contribution in [1.82, 2.24) is 14.7 Å². The van der Waals surface area contributed by atoms with Crippen LogP contribution in [0.3, 0.4) is 0 Å². The molecule has 0 spiro atoms. The molecule has 1 aliphatic heterocycles. The summed E-state index contributed by atoms with van der Waals surface area (Å²) in [4.78, 5) is 2.56. The summed E-state index contributed by atoms with van der Waals surface area (Å²) in [5.74, 6) is 0.883. The number of nitrogens with zero attached hydrogens (tertiary/aromatic N) is 3. The Morgan fingerprint density at radius 2 is 2.35 bits per heavy atom. The Balaban J connectivity index is 1.90. The average molecular weight is 300 g/mol. The number of hydrogen-bond acceptors (Lipinski definition) is 2. The van der Waals surface area contributed by atoms with Crippen LogP contribution in [0.25, 0.3) is 0 Å². The molecule has 1 unspecified atom stereocenters. The molecule has 1 aromatic rings. The first-order valence-corrected chi connectivity index (χ1v) is 7.65. The van der Waals surface area contributed by atoms with Gasteiger partial charge in [-0.15, -0.1) is 0 Å². The fraction of sp³-hybridized carbons (Fsp3) is 0.769. The van der Waals surface area contributed by atoms with Crippen LogP contribution in [0.15, 0.2) is 6.07 Å². The van der Waals surface area contributed by atoms with Gasteiger partial charge in [0.25, 0.3) is 0 Å². The molecular formula is C13H22BrN3. The van der Waals surface area contributed by atoms with E-state index in [0.29, 0.717) is 0 Å². The van der Waals surface area contributed by atoms with Crippen molar-refractivity contribution in [3.05, 3.63) is 17.5 Å². The van der Waals surface area contributed by atoms with Crippen LogP contribution in [-0.4, -0.2) is 33.1 Å². The summed E-state index contributed by atoms with van der Waals surface area (Å²) in [5, 5.41) is 5.65. The van der Waals surface area contributed by atoms with E-state index in [1.54, 1.807) is 0 Å². The molecule has 1 atom stereocenters. The number of halogens is 1. The molecule has 4 heteroatoms. The Morgan fingerprint density at radius 1 is 1.53 bits per heavy atom. The lowest BCUT2D eigenvalue weighted by Crippen LogP contribution is -2.21. The maximum atomic E-state index is 4.51. The predicted octanol–water partition coefficient (Wildman–Crippen LogP) is 2.59. The predicted molar refractivity (Wildman–Crippen MR) is 74.4 cm³/mol. The second-order valence-corrected chi connectivity index (χ2v) is 5.76. The molecule has 0 N–H and O–H groups in total. The monoisotopic (exact) mass is 299 g/mol. The number of aryl methyl sites for hydroxylation is 2. The molecule has 1 saturated heterocycles. The molecule has 1 fully saturated rings. The summed E-state index contributed by atoms with van der Waals surface area (Å²) in [6, 6.07) is 2.25. The lowest BCUT2D eigenvalue weighted by atomic mass is 10.1. The largest absolute Gasteiger partial charge is 0.297 e. The standard InChI is InChI=1S/C13H22BrN3/c1-3-12-8-13(16(2)15-12)10-17-7-5-11(9-17)4-6-14/h8,11H,3-7,9-10H2,1-2H3. The van der Waals surface area contributed by atoms with Crippen molar-refractivity contribution in [1.29, 1.82) is 0 Å². The van der Waals surface area contributed by atoms with Gasteiger partial charge in [-0.05, 0) is 37.8 Å². The minimum Gasteiger partial charge on any atom is -0.297 e. The van der Waals surface area contributed by atoms with Crippen LogP contribution in [0, 0.1) is 5.92 Å². The zero-order valence-electron chi connectivity index (χ0n) is 10.8. The minimum absolute atomic E-state index is 0.883. The quantitative estimate of drug-likeness (QED) is 0.779. The fourth-order valence-corrected chi connectivity index (χ4v) is 3.22. The van der Waals surface area contributed by atoms with Crippen LogP contribution in [0.5, 0.6) is 0 Å². The molecule has 0 amide bonds. The molecular weight excluding hydrogens is 278 g/mol. The molecule has 0 saturated carbocycles. The SMILES string of the molecule is CCc1cc(CN2CCC(CCBr)C2)n(C)n1. The molecule has 1 aromatic heterocycles. The molecule has 0 bridgehead atoms. The maximum absolute atomic E-state index is 4.51. The number of aromatic nitrogens is 2. The van der Waals surface area contributed by atoms with E-state index in [2.05, 4.69) is 46.0 Å². The van der Waals surface area contributed by atoms with Gasteiger partial charge in [0.05, 0.1) is 11.4 Å². The normalized spacial score (nSPS) is 21.2. The van der Waals surface area contributed by atoms with E-state index < -0.39 is 0 Å². The van der Waals surface area contributed by atoms with E-state index >= 15 is 0 Å². The van der Waals surface area contributed by atoms with Crippen LogP contribution < -0.4 is 0 Å². The van der Waals surface area contributed by atoms with E-state index in [1.165, 1.54) is 37.3 Å². The maximum Gasteiger partial charge on any atom is 0.0625 e. The van der Waals surface area contributed by atoms with Crippen LogP contribution in [0.1, 0.15) is 31.2 Å². The molecule has 2 rings (SSSR count). The Hall–Kier alpha value is -0.350. The summed E-state index contributed by atoms with van der Waals surface area (Å²) in [6.07, 6.45) is 3.69. The van der Waals surface area contributed by atoms with Gasteiger partial charge in [0.15, 0.2) is 0 Å². The highest BCUT2D eigenvalue weighted by Crippen LogP contribution is 2.22. The van der Waals surface area contributed by atoms with Crippen molar-refractivity contribution in [2.24, 2.45) is 13.0 Å². The van der Waals surface area contributed by atoms with Crippen molar-refractivity contribution in [3.8, 4) is 0 Å². The van der Waals surface area contributed by atoms with Crippen LogP contribution in [0.4, 0.5) is 0 Å². The highest BCUT2D eigenvalue weighted by atomic mass is 79.9. The molecule has 0 radical (unpaired) electrons. The molecule has 1 aliphatic rings. The van der Waals surface area contributed by atoms with Crippen LogP contribution >= 0.6 is 15.9 Å². The van der Waals surface area contributed by atoms with E-state index in [9.17, 15) is 0 Å². The zero-order chi connectivity index (χ0) is 12.3. The average Bonchev–Trinajstić information content (AvgIpc) is 2.88. The number of alkyl halides is 1. The van der Waals surface area contributed by atoms with Crippen molar-refractivity contribution >= 4 is 15.9 Å². The summed E-state index contributed by atoms with van der Waals surface area (Å²) in [7, 11) is 2.06. The van der Waals surface area contributed by atoms with Gasteiger partial charge in [0.1, 0.15) is 0 Å². The summed E-state index contributed by atoms with van der Waals surface area (Å²) >= 11 is 3.54. The smallest absolute Gasteiger partial charge is 0.0625 e. The number of hydrogen-bond donors (Lipinski definition) is 0.